The Kier molecular flexibility index (Phi) is 6.00. The third-order valence-corrected chi connectivity index (χ3v) is 4.65. The van der Waals surface area contributed by atoms with Crippen LogP contribution in [0.4, 0.5) is 5.69 Å². The van der Waals surface area contributed by atoms with E-state index in [2.05, 4.69) is 11.0 Å². The minimum Gasteiger partial charge on any atom is -0.495 e. The molecular weight excluding hydrogens is 328 g/mol. The van der Waals surface area contributed by atoms with Crippen LogP contribution in [-0.2, 0) is 11.2 Å². The lowest BCUT2D eigenvalue weighted by Gasteiger charge is -2.36. The molecule has 0 spiro atoms. The molecule has 0 unspecified atom stereocenters. The highest BCUT2D eigenvalue weighted by Gasteiger charge is 2.22. The number of amides is 1. The monoisotopic (exact) mass is 354 g/mol. The second-order valence-corrected chi connectivity index (χ2v) is 6.29. The molecule has 1 aliphatic rings. The molecule has 2 aromatic rings. The van der Waals surface area contributed by atoms with Crippen molar-refractivity contribution in [2.24, 2.45) is 0 Å². The van der Waals surface area contributed by atoms with Crippen molar-refractivity contribution in [3.8, 4) is 11.5 Å². The lowest BCUT2D eigenvalue weighted by Crippen LogP contribution is -2.49. The predicted octanol–water partition coefficient (Wildman–Crippen LogP) is 2.99. The van der Waals surface area contributed by atoms with E-state index in [0.29, 0.717) is 13.0 Å². The lowest BCUT2D eigenvalue weighted by atomic mass is 10.1. The lowest BCUT2D eigenvalue weighted by molar-refractivity contribution is -0.130. The van der Waals surface area contributed by atoms with Gasteiger partial charge in [-0.3, -0.25) is 4.79 Å². The molecule has 1 amide bonds. The molecule has 26 heavy (non-hydrogen) atoms. The van der Waals surface area contributed by atoms with Crippen LogP contribution < -0.4 is 14.4 Å². The average molecular weight is 354 g/mol. The molecule has 1 saturated heterocycles. The molecule has 0 aliphatic carbocycles. The number of benzene rings is 2. The van der Waals surface area contributed by atoms with Crippen LogP contribution >= 0.6 is 0 Å². The number of rotatable bonds is 6. The van der Waals surface area contributed by atoms with Crippen molar-refractivity contribution in [1.82, 2.24) is 4.90 Å². The maximum absolute atomic E-state index is 12.6. The van der Waals surface area contributed by atoms with E-state index in [-0.39, 0.29) is 5.91 Å². The summed E-state index contributed by atoms with van der Waals surface area (Å²) in [6.45, 7) is 5.70. The highest BCUT2D eigenvalue weighted by atomic mass is 16.5. The van der Waals surface area contributed by atoms with Crippen LogP contribution in [0, 0.1) is 0 Å². The summed E-state index contributed by atoms with van der Waals surface area (Å²) < 4.78 is 10.9. The smallest absolute Gasteiger partial charge is 0.227 e. The molecule has 5 nitrogen and oxygen atoms in total. The molecule has 1 heterocycles. The van der Waals surface area contributed by atoms with Gasteiger partial charge in [0.2, 0.25) is 5.91 Å². The number of piperazine rings is 1. The highest BCUT2D eigenvalue weighted by Crippen LogP contribution is 2.28. The van der Waals surface area contributed by atoms with Crippen molar-refractivity contribution in [3.63, 3.8) is 0 Å². The number of hydrogen-bond acceptors (Lipinski definition) is 4. The molecule has 1 aliphatic heterocycles. The van der Waals surface area contributed by atoms with Gasteiger partial charge in [-0.1, -0.05) is 24.3 Å². The number of methoxy groups -OCH3 is 1. The number of carbonyl (C=O) groups is 1. The fraction of sp³-hybridized carbons (Fsp3) is 0.381. The Hall–Kier alpha value is -2.69. The summed E-state index contributed by atoms with van der Waals surface area (Å²) in [4.78, 5) is 16.8. The molecule has 2 aromatic carbocycles. The highest BCUT2D eigenvalue weighted by molar-refractivity contribution is 5.79. The number of hydrogen-bond donors (Lipinski definition) is 0. The van der Waals surface area contributed by atoms with E-state index in [1.807, 2.05) is 54.3 Å². The van der Waals surface area contributed by atoms with Gasteiger partial charge in [-0.25, -0.2) is 0 Å². The van der Waals surface area contributed by atoms with Crippen molar-refractivity contribution < 1.29 is 14.3 Å². The maximum atomic E-state index is 12.6. The third kappa shape index (κ3) is 4.28. The summed E-state index contributed by atoms with van der Waals surface area (Å²) in [5.74, 6) is 1.89. The van der Waals surface area contributed by atoms with Gasteiger partial charge in [0.05, 0.1) is 25.8 Å². The van der Waals surface area contributed by atoms with Crippen molar-refractivity contribution in [3.05, 3.63) is 54.1 Å². The topological polar surface area (TPSA) is 42.0 Å². The second kappa shape index (κ2) is 8.61. The van der Waals surface area contributed by atoms with Gasteiger partial charge in [0.25, 0.3) is 0 Å². The van der Waals surface area contributed by atoms with Gasteiger partial charge >= 0.3 is 0 Å². The van der Waals surface area contributed by atoms with Crippen molar-refractivity contribution in [2.45, 2.75) is 13.3 Å². The van der Waals surface area contributed by atoms with Crippen LogP contribution in [0.1, 0.15) is 12.5 Å². The van der Waals surface area contributed by atoms with Crippen LogP contribution in [0.25, 0.3) is 0 Å². The predicted molar refractivity (Wildman–Crippen MR) is 103 cm³/mol. The molecule has 0 N–H and O–H groups in total. The Bertz CT molecular complexity index is 722. The maximum Gasteiger partial charge on any atom is 0.227 e. The van der Waals surface area contributed by atoms with Crippen LogP contribution in [0.15, 0.2) is 48.5 Å². The largest absolute Gasteiger partial charge is 0.495 e. The Morgan fingerprint density at radius 3 is 2.35 bits per heavy atom. The Labute approximate surface area is 155 Å². The first-order valence-corrected chi connectivity index (χ1v) is 9.08. The average Bonchev–Trinajstić information content (AvgIpc) is 2.70. The number of anilines is 1. The molecule has 1 fully saturated rings. The van der Waals surface area contributed by atoms with E-state index < -0.39 is 0 Å². The summed E-state index contributed by atoms with van der Waals surface area (Å²) in [6, 6.07) is 15.8. The van der Waals surface area contributed by atoms with Crippen LogP contribution in [-0.4, -0.2) is 50.7 Å². The quantitative estimate of drug-likeness (QED) is 0.800. The Morgan fingerprint density at radius 2 is 1.69 bits per heavy atom. The molecule has 3 rings (SSSR count). The van der Waals surface area contributed by atoms with Gasteiger partial charge in [0.15, 0.2) is 0 Å². The normalized spacial score (nSPS) is 14.2. The minimum absolute atomic E-state index is 0.175. The molecule has 0 aromatic heterocycles. The molecule has 0 radical (unpaired) electrons. The van der Waals surface area contributed by atoms with Crippen LogP contribution in [0.2, 0.25) is 0 Å². The van der Waals surface area contributed by atoms with Gasteiger partial charge in [0, 0.05) is 26.2 Å². The van der Waals surface area contributed by atoms with E-state index in [9.17, 15) is 4.79 Å². The van der Waals surface area contributed by atoms with E-state index in [0.717, 1.165) is 48.9 Å². The number of nitrogens with zero attached hydrogens (tertiary/aromatic N) is 2. The summed E-state index contributed by atoms with van der Waals surface area (Å²) in [5.41, 5.74) is 2.11. The van der Waals surface area contributed by atoms with Gasteiger partial charge in [0.1, 0.15) is 11.5 Å². The van der Waals surface area contributed by atoms with E-state index in [1.165, 1.54) is 0 Å². The standard InChI is InChI=1S/C21H26N2O3/c1-3-26-18-10-8-17(9-11-18)16-21(24)23-14-12-22(13-15-23)19-6-4-5-7-20(19)25-2/h4-11H,3,12-16H2,1-2H3. The molecular formula is C21H26N2O3. The van der Waals surface area contributed by atoms with E-state index >= 15 is 0 Å². The van der Waals surface area contributed by atoms with Crippen molar-refractivity contribution >= 4 is 11.6 Å². The zero-order chi connectivity index (χ0) is 18.4. The minimum atomic E-state index is 0.175. The Morgan fingerprint density at radius 1 is 1.00 bits per heavy atom. The summed E-state index contributed by atoms with van der Waals surface area (Å²) in [6.07, 6.45) is 0.432. The zero-order valence-corrected chi connectivity index (χ0v) is 15.5. The number of carbonyl (C=O) groups excluding carboxylic acids is 1. The molecule has 0 saturated carbocycles. The number of ether oxygens (including phenoxy) is 2. The summed E-state index contributed by atoms with van der Waals surface area (Å²) >= 11 is 0. The fourth-order valence-corrected chi connectivity index (χ4v) is 3.24. The van der Waals surface area contributed by atoms with Gasteiger partial charge in [-0.15, -0.1) is 0 Å². The first kappa shape index (κ1) is 18.1. The third-order valence-electron chi connectivity index (χ3n) is 4.65. The second-order valence-electron chi connectivity index (χ2n) is 6.29. The van der Waals surface area contributed by atoms with Crippen LogP contribution in [0.5, 0.6) is 11.5 Å². The zero-order valence-electron chi connectivity index (χ0n) is 15.5. The van der Waals surface area contributed by atoms with Crippen LogP contribution in [0.3, 0.4) is 0 Å². The number of para-hydroxylation sites is 2. The Balaban J connectivity index is 1.55. The first-order chi connectivity index (χ1) is 12.7. The van der Waals surface area contributed by atoms with Gasteiger partial charge in [-0.2, -0.15) is 0 Å². The molecule has 0 bridgehead atoms. The van der Waals surface area contributed by atoms with Crippen molar-refractivity contribution in [2.75, 3.05) is 44.8 Å². The van der Waals surface area contributed by atoms with Gasteiger partial charge in [-0.05, 0) is 36.8 Å². The molecule has 0 atom stereocenters. The fourth-order valence-electron chi connectivity index (χ4n) is 3.24. The van der Waals surface area contributed by atoms with E-state index in [4.69, 9.17) is 9.47 Å². The van der Waals surface area contributed by atoms with E-state index in [1.54, 1.807) is 7.11 Å². The SMILES string of the molecule is CCOc1ccc(CC(=O)N2CCN(c3ccccc3OC)CC2)cc1. The first-order valence-electron chi connectivity index (χ1n) is 9.08. The molecule has 138 valence electrons. The molecule has 5 heteroatoms. The summed E-state index contributed by atoms with van der Waals surface area (Å²) in [7, 11) is 1.69. The van der Waals surface area contributed by atoms with Crippen molar-refractivity contribution in [1.29, 1.82) is 0 Å². The van der Waals surface area contributed by atoms with Gasteiger partial charge < -0.3 is 19.3 Å². The summed E-state index contributed by atoms with van der Waals surface area (Å²) in [5, 5.41) is 0.